The summed E-state index contributed by atoms with van der Waals surface area (Å²) >= 11 is 0. The van der Waals surface area contributed by atoms with Crippen LogP contribution in [0.4, 0.5) is 0 Å². The molecule has 0 amide bonds. The topological polar surface area (TPSA) is 97.1 Å². The maximum absolute atomic E-state index is 10.2. The Bertz CT molecular complexity index is 1440. The predicted molar refractivity (Wildman–Crippen MR) is 130 cm³/mol. The van der Waals surface area contributed by atoms with Crippen LogP contribution in [0.15, 0.2) is 72.8 Å². The Kier molecular flexibility index (Phi) is 4.43. The van der Waals surface area contributed by atoms with Crippen molar-refractivity contribution in [2.45, 2.75) is 37.6 Å². The third-order valence-electron chi connectivity index (χ3n) is 6.84. The molecular formula is C28H24N4O2. The Morgan fingerprint density at radius 3 is 2.44 bits per heavy atom. The average molecular weight is 449 g/mol. The first-order chi connectivity index (χ1) is 16.4. The number of nitrogens with zero attached hydrogens (tertiary/aromatic N) is 3. The zero-order chi connectivity index (χ0) is 23.5. The smallest absolute Gasteiger partial charge is 0.167 e. The van der Waals surface area contributed by atoms with Gasteiger partial charge in [-0.2, -0.15) is 5.26 Å². The number of fused-ring (bicyclic) bond motifs is 3. The quantitative estimate of drug-likeness (QED) is 0.469. The summed E-state index contributed by atoms with van der Waals surface area (Å²) in [7, 11) is 0. The van der Waals surface area contributed by atoms with Crippen molar-refractivity contribution in [3.8, 4) is 45.7 Å². The van der Waals surface area contributed by atoms with Crippen LogP contribution in [0.25, 0.3) is 33.9 Å². The van der Waals surface area contributed by atoms with Gasteiger partial charge in [0.05, 0.1) is 34.2 Å². The fourth-order valence-corrected chi connectivity index (χ4v) is 5.38. The molecule has 0 spiro atoms. The highest BCUT2D eigenvalue weighted by molar-refractivity contribution is 5.83. The molecule has 2 aliphatic rings. The highest BCUT2D eigenvalue weighted by Crippen LogP contribution is 2.47. The van der Waals surface area contributed by atoms with E-state index in [1.54, 1.807) is 12.1 Å². The Labute approximate surface area is 197 Å². The Balaban J connectivity index is 1.48. The number of aromatic nitrogens is 2. The van der Waals surface area contributed by atoms with Crippen molar-refractivity contribution < 1.29 is 9.84 Å². The lowest BCUT2D eigenvalue weighted by molar-refractivity contribution is -0.0738. The Morgan fingerprint density at radius 2 is 1.76 bits per heavy atom. The van der Waals surface area contributed by atoms with E-state index in [9.17, 15) is 10.4 Å². The molecule has 0 radical (unpaired) electrons. The summed E-state index contributed by atoms with van der Waals surface area (Å²) in [5.74, 6) is 1.48. The summed E-state index contributed by atoms with van der Waals surface area (Å²) in [5.41, 5.74) is 11.7. The molecule has 1 saturated carbocycles. The van der Waals surface area contributed by atoms with E-state index in [2.05, 4.69) is 34.9 Å². The van der Waals surface area contributed by atoms with E-state index in [1.807, 2.05) is 43.3 Å². The summed E-state index contributed by atoms with van der Waals surface area (Å²) in [6, 6.07) is 26.0. The second-order valence-electron chi connectivity index (χ2n) is 9.61. The molecule has 3 aromatic carbocycles. The highest BCUT2D eigenvalue weighted by atomic mass is 16.5. The number of hydrogen-bond acceptors (Lipinski definition) is 5. The third-order valence-corrected chi connectivity index (χ3v) is 6.84. The van der Waals surface area contributed by atoms with Gasteiger partial charge in [-0.05, 0) is 43.5 Å². The summed E-state index contributed by atoms with van der Waals surface area (Å²) < 4.78 is 8.12. The molecule has 0 bridgehead atoms. The van der Waals surface area contributed by atoms with E-state index in [1.165, 1.54) is 0 Å². The molecule has 0 unspecified atom stereocenters. The number of nitrogens with two attached hydrogens (primary N) is 1. The minimum atomic E-state index is -0.699. The minimum absolute atomic E-state index is 0.313. The number of hydrogen-bond donors (Lipinski definition) is 2. The zero-order valence-corrected chi connectivity index (χ0v) is 18.8. The summed E-state index contributed by atoms with van der Waals surface area (Å²) in [6.45, 7) is 2.14. The molecule has 1 aliphatic heterocycles. The van der Waals surface area contributed by atoms with Crippen LogP contribution in [-0.2, 0) is 12.3 Å². The molecule has 4 aromatic rings. The van der Waals surface area contributed by atoms with Gasteiger partial charge in [0.25, 0.3) is 0 Å². The van der Waals surface area contributed by atoms with Gasteiger partial charge < -0.3 is 15.6 Å². The van der Waals surface area contributed by atoms with Gasteiger partial charge in [-0.25, -0.2) is 4.98 Å². The van der Waals surface area contributed by atoms with E-state index < -0.39 is 11.1 Å². The predicted octanol–water partition coefficient (Wildman–Crippen LogP) is 4.80. The summed E-state index contributed by atoms with van der Waals surface area (Å²) in [5, 5.41) is 19.5. The van der Waals surface area contributed by atoms with Crippen molar-refractivity contribution in [3.05, 3.63) is 83.9 Å². The van der Waals surface area contributed by atoms with E-state index >= 15 is 0 Å². The van der Waals surface area contributed by atoms with Gasteiger partial charge in [-0.1, -0.05) is 54.6 Å². The summed E-state index contributed by atoms with van der Waals surface area (Å²) in [4.78, 5) is 5.07. The van der Waals surface area contributed by atoms with Crippen LogP contribution in [0.5, 0.6) is 5.75 Å². The number of benzene rings is 3. The lowest BCUT2D eigenvalue weighted by atomic mass is 9.63. The first-order valence-corrected chi connectivity index (χ1v) is 11.3. The number of rotatable bonds is 3. The molecule has 168 valence electrons. The fourth-order valence-electron chi connectivity index (χ4n) is 5.38. The van der Waals surface area contributed by atoms with Gasteiger partial charge in [0, 0.05) is 16.7 Å². The standard InChI is InChI=1S/C28H24N4O2/c1-27(33)15-28(30,16-27)21-10-8-19(9-11-21)24-25(20-5-3-2-4-6-20)32-17-34-23-13-18(14-29)7-12-22(23)26(32)31-24/h2-13,33H,15-17,30H2,1H3. The van der Waals surface area contributed by atoms with Crippen molar-refractivity contribution in [1.29, 1.82) is 5.26 Å². The number of nitriles is 1. The van der Waals surface area contributed by atoms with Crippen molar-refractivity contribution >= 4 is 0 Å². The lowest BCUT2D eigenvalue weighted by Crippen LogP contribution is -2.58. The fraction of sp³-hybridized carbons (Fsp3) is 0.214. The normalized spacial score (nSPS) is 22.6. The van der Waals surface area contributed by atoms with E-state index in [0.29, 0.717) is 30.9 Å². The molecule has 1 aromatic heterocycles. The van der Waals surface area contributed by atoms with Gasteiger partial charge in [-0.15, -0.1) is 0 Å². The molecule has 2 heterocycles. The van der Waals surface area contributed by atoms with Crippen molar-refractivity contribution in [2.24, 2.45) is 5.73 Å². The van der Waals surface area contributed by atoms with Gasteiger partial charge in [-0.3, -0.25) is 4.57 Å². The lowest BCUT2D eigenvalue weighted by Gasteiger charge is -2.49. The molecule has 6 heteroatoms. The van der Waals surface area contributed by atoms with E-state index in [4.69, 9.17) is 15.5 Å². The maximum Gasteiger partial charge on any atom is 0.167 e. The van der Waals surface area contributed by atoms with Crippen molar-refractivity contribution in [2.75, 3.05) is 0 Å². The number of imidazole rings is 1. The molecule has 6 rings (SSSR count). The molecule has 0 saturated heterocycles. The molecular weight excluding hydrogens is 424 g/mol. The summed E-state index contributed by atoms with van der Waals surface area (Å²) in [6.07, 6.45) is 1.10. The first-order valence-electron chi connectivity index (χ1n) is 11.3. The van der Waals surface area contributed by atoms with E-state index in [0.717, 1.165) is 39.5 Å². The number of aliphatic hydroxyl groups is 1. The van der Waals surface area contributed by atoms with Gasteiger partial charge >= 0.3 is 0 Å². The van der Waals surface area contributed by atoms with Crippen molar-refractivity contribution in [1.82, 2.24) is 9.55 Å². The molecule has 3 N–H and O–H groups in total. The average Bonchev–Trinajstić information content (AvgIpc) is 3.23. The first kappa shape index (κ1) is 20.7. The monoisotopic (exact) mass is 448 g/mol. The van der Waals surface area contributed by atoms with Crippen LogP contribution in [0, 0.1) is 11.3 Å². The Morgan fingerprint density at radius 1 is 1.03 bits per heavy atom. The van der Waals surface area contributed by atoms with Crippen LogP contribution in [-0.4, -0.2) is 20.3 Å². The second-order valence-corrected chi connectivity index (χ2v) is 9.61. The zero-order valence-electron chi connectivity index (χ0n) is 18.8. The van der Waals surface area contributed by atoms with Gasteiger partial charge in [0.2, 0.25) is 0 Å². The molecule has 1 fully saturated rings. The SMILES string of the molecule is CC1(O)CC(N)(c2ccc(-c3nc4n(c3-c3ccccc3)COc3cc(C#N)ccc3-4)cc2)C1. The second kappa shape index (κ2) is 7.29. The Hall–Kier alpha value is -3.92. The highest BCUT2D eigenvalue weighted by Gasteiger charge is 2.49. The molecule has 34 heavy (non-hydrogen) atoms. The van der Waals surface area contributed by atoms with E-state index in [-0.39, 0.29) is 0 Å². The van der Waals surface area contributed by atoms with Crippen LogP contribution < -0.4 is 10.5 Å². The third kappa shape index (κ3) is 3.21. The van der Waals surface area contributed by atoms with Crippen LogP contribution in [0.3, 0.4) is 0 Å². The van der Waals surface area contributed by atoms with Gasteiger partial charge in [0.15, 0.2) is 6.73 Å². The van der Waals surface area contributed by atoms with Crippen LogP contribution >= 0.6 is 0 Å². The minimum Gasteiger partial charge on any atom is -0.472 e. The maximum atomic E-state index is 10.2. The molecule has 1 aliphatic carbocycles. The molecule has 0 atom stereocenters. The number of ether oxygens (including phenoxy) is 1. The van der Waals surface area contributed by atoms with Crippen molar-refractivity contribution in [3.63, 3.8) is 0 Å². The van der Waals surface area contributed by atoms with Gasteiger partial charge in [0.1, 0.15) is 11.6 Å². The molecule has 6 nitrogen and oxygen atoms in total. The van der Waals surface area contributed by atoms with Crippen LogP contribution in [0.2, 0.25) is 0 Å². The van der Waals surface area contributed by atoms with Crippen LogP contribution in [0.1, 0.15) is 30.9 Å². The largest absolute Gasteiger partial charge is 0.472 e.